The molecule has 0 aliphatic rings. The molecule has 3 aromatic rings. The summed E-state index contributed by atoms with van der Waals surface area (Å²) in [5, 5.41) is 27.3. The minimum absolute atomic E-state index is 0.0819. The molecule has 0 spiro atoms. The van der Waals surface area contributed by atoms with Crippen LogP contribution in [0.15, 0.2) is 48.5 Å². The van der Waals surface area contributed by atoms with E-state index in [9.17, 15) is 10.2 Å². The van der Waals surface area contributed by atoms with Gasteiger partial charge in [-0.1, -0.05) is 0 Å². The fraction of sp³-hybridized carbons (Fsp3) is 0.286. The minimum atomic E-state index is -0.0819. The third-order valence-corrected chi connectivity index (χ3v) is 4.43. The molecular formula is C21H24N4O4. The topological polar surface area (TPSA) is 101 Å². The number of anilines is 1. The number of rotatable bonds is 9. The van der Waals surface area contributed by atoms with E-state index < -0.39 is 0 Å². The molecule has 2 aromatic carbocycles. The smallest absolute Gasteiger partial charge is 0.246 e. The molecule has 0 radical (unpaired) electrons. The van der Waals surface area contributed by atoms with E-state index in [4.69, 9.17) is 14.5 Å². The number of hydrogen-bond donors (Lipinski definition) is 2. The zero-order chi connectivity index (χ0) is 20.6. The molecule has 1 aromatic heterocycles. The Kier molecular flexibility index (Phi) is 6.94. The van der Waals surface area contributed by atoms with Gasteiger partial charge >= 0.3 is 0 Å². The highest BCUT2D eigenvalue weighted by atomic mass is 16.5. The van der Waals surface area contributed by atoms with Crippen molar-refractivity contribution in [2.75, 3.05) is 45.4 Å². The molecule has 0 saturated heterocycles. The Morgan fingerprint density at radius 1 is 0.724 bits per heavy atom. The van der Waals surface area contributed by atoms with Crippen molar-refractivity contribution in [2.24, 2.45) is 0 Å². The highest BCUT2D eigenvalue weighted by Crippen LogP contribution is 2.31. The van der Waals surface area contributed by atoms with Gasteiger partial charge in [-0.3, -0.25) is 0 Å². The number of methoxy groups -OCH3 is 2. The van der Waals surface area contributed by atoms with E-state index in [0.29, 0.717) is 30.4 Å². The van der Waals surface area contributed by atoms with Gasteiger partial charge in [-0.25, -0.2) is 4.98 Å². The number of hydrogen-bond acceptors (Lipinski definition) is 8. The van der Waals surface area contributed by atoms with Crippen LogP contribution in [0.3, 0.4) is 0 Å². The molecule has 0 amide bonds. The van der Waals surface area contributed by atoms with E-state index in [1.807, 2.05) is 48.5 Å². The number of aliphatic hydroxyl groups excluding tert-OH is 2. The van der Waals surface area contributed by atoms with E-state index in [1.54, 1.807) is 19.1 Å². The van der Waals surface area contributed by atoms with Gasteiger partial charge in [-0.2, -0.15) is 0 Å². The summed E-state index contributed by atoms with van der Waals surface area (Å²) in [5.74, 6) is 1.83. The lowest BCUT2D eigenvalue weighted by atomic mass is 10.0. The van der Waals surface area contributed by atoms with Gasteiger partial charge in [-0.15, -0.1) is 10.2 Å². The lowest BCUT2D eigenvalue weighted by molar-refractivity contribution is 0.280. The fourth-order valence-electron chi connectivity index (χ4n) is 2.90. The van der Waals surface area contributed by atoms with Gasteiger partial charge < -0.3 is 24.6 Å². The Bertz CT molecular complexity index is 911. The normalized spacial score (nSPS) is 10.6. The molecule has 0 bridgehead atoms. The van der Waals surface area contributed by atoms with Crippen LogP contribution in [0.1, 0.15) is 0 Å². The molecule has 0 fully saturated rings. The molecular weight excluding hydrogens is 372 g/mol. The summed E-state index contributed by atoms with van der Waals surface area (Å²) < 4.78 is 10.5. The second-order valence-electron chi connectivity index (χ2n) is 6.20. The van der Waals surface area contributed by atoms with Crippen LogP contribution in [0.5, 0.6) is 11.5 Å². The largest absolute Gasteiger partial charge is 0.497 e. The number of aliphatic hydroxyl groups is 2. The molecule has 0 aliphatic carbocycles. The molecule has 0 aliphatic heterocycles. The fourth-order valence-corrected chi connectivity index (χ4v) is 2.90. The van der Waals surface area contributed by atoms with Crippen molar-refractivity contribution in [3.63, 3.8) is 0 Å². The lowest BCUT2D eigenvalue weighted by Crippen LogP contribution is -2.31. The molecule has 152 valence electrons. The predicted molar refractivity (Wildman–Crippen MR) is 110 cm³/mol. The second kappa shape index (κ2) is 9.81. The van der Waals surface area contributed by atoms with Gasteiger partial charge in [0.15, 0.2) is 0 Å². The van der Waals surface area contributed by atoms with Gasteiger partial charge in [0.25, 0.3) is 0 Å². The molecule has 8 nitrogen and oxygen atoms in total. The zero-order valence-corrected chi connectivity index (χ0v) is 16.4. The third kappa shape index (κ3) is 4.79. The first kappa shape index (κ1) is 20.5. The van der Waals surface area contributed by atoms with Crippen LogP contribution >= 0.6 is 0 Å². The van der Waals surface area contributed by atoms with Crippen LogP contribution in [-0.4, -0.2) is 65.9 Å². The number of benzene rings is 2. The van der Waals surface area contributed by atoms with Crippen molar-refractivity contribution >= 4 is 5.95 Å². The predicted octanol–water partition coefficient (Wildman–Crippen LogP) is 2.01. The highest BCUT2D eigenvalue weighted by molar-refractivity contribution is 5.78. The van der Waals surface area contributed by atoms with Crippen LogP contribution < -0.4 is 14.4 Å². The van der Waals surface area contributed by atoms with Crippen LogP contribution in [0, 0.1) is 0 Å². The van der Waals surface area contributed by atoms with Gasteiger partial charge in [0, 0.05) is 24.2 Å². The molecule has 2 N–H and O–H groups in total. The summed E-state index contributed by atoms with van der Waals surface area (Å²) in [4.78, 5) is 6.41. The number of nitrogens with zero attached hydrogens (tertiary/aromatic N) is 4. The van der Waals surface area contributed by atoms with E-state index in [0.717, 1.165) is 22.6 Å². The molecule has 0 unspecified atom stereocenters. The van der Waals surface area contributed by atoms with Crippen molar-refractivity contribution in [3.8, 4) is 34.0 Å². The Morgan fingerprint density at radius 3 is 1.66 bits per heavy atom. The quantitative estimate of drug-likeness (QED) is 0.567. The van der Waals surface area contributed by atoms with Crippen molar-refractivity contribution < 1.29 is 19.7 Å². The first-order chi connectivity index (χ1) is 14.2. The minimum Gasteiger partial charge on any atom is -0.497 e. The van der Waals surface area contributed by atoms with Gasteiger partial charge in [0.2, 0.25) is 5.95 Å². The van der Waals surface area contributed by atoms with Crippen LogP contribution in [0.4, 0.5) is 5.95 Å². The third-order valence-electron chi connectivity index (χ3n) is 4.43. The summed E-state index contributed by atoms with van der Waals surface area (Å²) in [5.41, 5.74) is 2.96. The van der Waals surface area contributed by atoms with Gasteiger partial charge in [-0.05, 0) is 48.5 Å². The van der Waals surface area contributed by atoms with Crippen molar-refractivity contribution in [1.82, 2.24) is 15.2 Å². The maximum absolute atomic E-state index is 9.33. The Morgan fingerprint density at radius 2 is 1.21 bits per heavy atom. The van der Waals surface area contributed by atoms with Gasteiger partial charge in [0.1, 0.15) is 22.9 Å². The first-order valence-corrected chi connectivity index (χ1v) is 9.20. The van der Waals surface area contributed by atoms with E-state index in [2.05, 4.69) is 10.2 Å². The van der Waals surface area contributed by atoms with Crippen LogP contribution in [0.2, 0.25) is 0 Å². The van der Waals surface area contributed by atoms with E-state index >= 15 is 0 Å². The lowest BCUT2D eigenvalue weighted by Gasteiger charge is -2.21. The number of ether oxygens (including phenoxy) is 2. The Hall–Kier alpha value is -3.23. The first-order valence-electron chi connectivity index (χ1n) is 9.20. The summed E-state index contributed by atoms with van der Waals surface area (Å²) in [6, 6.07) is 15.0. The standard InChI is InChI=1S/C21H24N4O4/c1-28-17-7-3-15(4-8-17)19-20(16-5-9-18(29-2)10-6-16)23-24-21(22-19)25(11-13-26)12-14-27/h3-10,26-27H,11-14H2,1-2H3. The van der Waals surface area contributed by atoms with Crippen molar-refractivity contribution in [3.05, 3.63) is 48.5 Å². The van der Waals surface area contributed by atoms with Crippen molar-refractivity contribution in [1.29, 1.82) is 0 Å². The Labute approximate surface area is 169 Å². The molecule has 1 heterocycles. The molecule has 0 atom stereocenters. The molecule has 3 rings (SSSR count). The molecule has 0 saturated carbocycles. The second-order valence-corrected chi connectivity index (χ2v) is 6.20. The summed E-state index contributed by atoms with van der Waals surface area (Å²) >= 11 is 0. The van der Waals surface area contributed by atoms with E-state index in [1.165, 1.54) is 0 Å². The zero-order valence-electron chi connectivity index (χ0n) is 16.4. The highest BCUT2D eigenvalue weighted by Gasteiger charge is 2.17. The summed E-state index contributed by atoms with van der Waals surface area (Å²) in [6.07, 6.45) is 0. The molecule has 29 heavy (non-hydrogen) atoms. The van der Waals surface area contributed by atoms with Crippen molar-refractivity contribution in [2.45, 2.75) is 0 Å². The maximum Gasteiger partial charge on any atom is 0.246 e. The van der Waals surface area contributed by atoms with E-state index in [-0.39, 0.29) is 13.2 Å². The number of aromatic nitrogens is 3. The summed E-state index contributed by atoms with van der Waals surface area (Å²) in [7, 11) is 3.23. The van der Waals surface area contributed by atoms with Crippen LogP contribution in [-0.2, 0) is 0 Å². The van der Waals surface area contributed by atoms with Crippen LogP contribution in [0.25, 0.3) is 22.5 Å². The van der Waals surface area contributed by atoms with Gasteiger partial charge in [0.05, 0.1) is 27.4 Å². The summed E-state index contributed by atoms with van der Waals surface area (Å²) in [6.45, 7) is 0.432. The maximum atomic E-state index is 9.33. The Balaban J connectivity index is 2.10. The SMILES string of the molecule is COc1ccc(-c2nnc(N(CCO)CCO)nc2-c2ccc(OC)cc2)cc1. The monoisotopic (exact) mass is 396 g/mol. The molecule has 8 heteroatoms. The average molecular weight is 396 g/mol. The average Bonchev–Trinajstić information content (AvgIpc) is 2.79.